The number of hydrogen-bond acceptors (Lipinski definition) is 5. The maximum atomic E-state index is 13.1. The molecule has 9 heteroatoms. The first-order valence-electron chi connectivity index (χ1n) is 37.2. The van der Waals surface area contributed by atoms with E-state index in [2.05, 4.69) is 31.3 Å². The van der Waals surface area contributed by atoms with Crippen molar-refractivity contribution in [3.05, 3.63) is 24.3 Å². The van der Waals surface area contributed by atoms with Crippen LogP contribution in [-0.4, -0.2) is 73.4 Å². The fraction of sp³-hybridized carbons (Fsp3) is 0.932. The molecule has 0 rings (SSSR count). The van der Waals surface area contributed by atoms with E-state index in [-0.39, 0.29) is 19.1 Å². The number of likely N-dealkylation sites (N-methyl/N-ethyl adjacent to an activating group) is 1. The average molecular weight is 1190 g/mol. The summed E-state index contributed by atoms with van der Waals surface area (Å²) >= 11 is 0. The Hall–Kier alpha value is -1.02. The van der Waals surface area contributed by atoms with Crippen LogP contribution in [0, 0.1) is 0 Å². The minimum atomic E-state index is -4.36. The highest BCUT2D eigenvalue weighted by atomic mass is 31.2. The number of allylic oxidation sites excluding steroid dienone is 3. The Kier molecular flexibility index (Phi) is 64.6. The number of nitrogens with zero attached hydrogens (tertiary/aromatic N) is 1. The van der Waals surface area contributed by atoms with Crippen LogP contribution < -0.4 is 5.32 Å². The number of quaternary nitrogens is 1. The van der Waals surface area contributed by atoms with Gasteiger partial charge in [-0.25, -0.2) is 4.57 Å². The second-order valence-electron chi connectivity index (χ2n) is 27.0. The third-order valence-corrected chi connectivity index (χ3v) is 18.4. The summed E-state index contributed by atoms with van der Waals surface area (Å²) in [6, 6.07) is -0.862. The number of nitrogens with one attached hydrogen (secondary N) is 1. The summed E-state index contributed by atoms with van der Waals surface area (Å²) in [5, 5.41) is 14.0. The summed E-state index contributed by atoms with van der Waals surface area (Å²) in [5.74, 6) is -0.177. The van der Waals surface area contributed by atoms with Gasteiger partial charge in [0.2, 0.25) is 5.91 Å². The zero-order chi connectivity index (χ0) is 60.5. The zero-order valence-corrected chi connectivity index (χ0v) is 57.6. The van der Waals surface area contributed by atoms with Crippen molar-refractivity contribution in [2.24, 2.45) is 0 Å². The molecule has 0 aliphatic carbocycles. The molecule has 0 saturated heterocycles. The van der Waals surface area contributed by atoms with Crippen molar-refractivity contribution < 1.29 is 32.9 Å². The van der Waals surface area contributed by atoms with Crippen LogP contribution in [0.1, 0.15) is 393 Å². The Morgan fingerprint density at radius 2 is 0.663 bits per heavy atom. The molecule has 0 fully saturated rings. The summed E-state index contributed by atoms with van der Waals surface area (Å²) in [5.41, 5.74) is 0. The SMILES string of the molecule is CCCCCCCCCCCCCCCCCCCCCCCC/C=C/CC/C=C/C(O)C(COP(=O)(O)OCC[N+](C)(C)C)NC(=O)CCCCCCCCCCCCCCCCCCCCCCCCCCCCCCCCCCC. The molecule has 1 amide bonds. The third kappa shape index (κ3) is 68.3. The van der Waals surface area contributed by atoms with Gasteiger partial charge in [-0.1, -0.05) is 378 Å². The third-order valence-electron chi connectivity index (χ3n) is 17.4. The molecule has 494 valence electrons. The Morgan fingerprint density at radius 1 is 0.398 bits per heavy atom. The van der Waals surface area contributed by atoms with Crippen molar-refractivity contribution in [3.8, 4) is 0 Å². The van der Waals surface area contributed by atoms with Crippen molar-refractivity contribution in [2.75, 3.05) is 40.9 Å². The maximum absolute atomic E-state index is 13.1. The van der Waals surface area contributed by atoms with Gasteiger partial charge < -0.3 is 19.8 Å². The predicted molar refractivity (Wildman–Crippen MR) is 365 cm³/mol. The molecule has 0 bridgehead atoms. The highest BCUT2D eigenvalue weighted by molar-refractivity contribution is 7.47. The van der Waals surface area contributed by atoms with Crippen molar-refractivity contribution in [3.63, 3.8) is 0 Å². The lowest BCUT2D eigenvalue weighted by molar-refractivity contribution is -0.870. The summed E-state index contributed by atoms with van der Waals surface area (Å²) < 4.78 is 23.8. The molecule has 0 saturated carbocycles. The van der Waals surface area contributed by atoms with E-state index >= 15 is 0 Å². The number of rotatable bonds is 70. The number of amides is 1. The average Bonchev–Trinajstić information content (AvgIpc) is 3.49. The van der Waals surface area contributed by atoms with E-state index in [9.17, 15) is 19.4 Å². The highest BCUT2D eigenvalue weighted by Crippen LogP contribution is 2.43. The van der Waals surface area contributed by atoms with Gasteiger partial charge in [0.15, 0.2) is 0 Å². The van der Waals surface area contributed by atoms with Crippen molar-refractivity contribution in [1.82, 2.24) is 5.32 Å². The summed E-state index contributed by atoms with van der Waals surface area (Å²) in [6.07, 6.45) is 86.5. The minimum Gasteiger partial charge on any atom is -0.387 e. The molecule has 0 aromatic rings. The number of carbonyl (C=O) groups excluding carboxylic acids is 1. The van der Waals surface area contributed by atoms with Crippen molar-refractivity contribution in [1.29, 1.82) is 0 Å². The van der Waals surface area contributed by atoms with E-state index in [1.54, 1.807) is 6.08 Å². The molecular weight excluding hydrogens is 1040 g/mol. The topological polar surface area (TPSA) is 105 Å². The number of hydrogen-bond donors (Lipinski definition) is 3. The summed E-state index contributed by atoms with van der Waals surface area (Å²) in [7, 11) is 1.58. The number of phosphoric acid groups is 1. The van der Waals surface area contributed by atoms with Crippen molar-refractivity contribution >= 4 is 13.7 Å². The Labute approximate surface area is 519 Å². The second-order valence-corrected chi connectivity index (χ2v) is 28.5. The Bertz CT molecular complexity index is 1400. The van der Waals surface area contributed by atoms with Crippen LogP contribution in [0.15, 0.2) is 24.3 Å². The molecule has 0 aromatic carbocycles. The van der Waals surface area contributed by atoms with Crippen LogP contribution in [0.25, 0.3) is 0 Å². The molecule has 8 nitrogen and oxygen atoms in total. The standard InChI is InChI=1S/C74H147N2O6P/c1-6-8-10-12-14-16-18-20-22-24-26-28-30-32-34-36-37-38-39-40-42-44-46-48-50-52-54-56-58-60-62-64-66-68-74(78)75-72(71-82-83(79,80)81-70-69-76(3,4)5)73(77)67-65-63-61-59-57-55-53-51-49-47-45-43-41-35-33-31-29-27-25-23-21-19-17-15-13-11-9-7-2/h57,59,65,67,72-73,77H,6-56,58,60-64,66,68-71H2,1-5H3,(H-,75,78,79,80)/p+1/b59-57+,67-65+. The van der Waals surface area contributed by atoms with E-state index in [1.807, 2.05) is 27.2 Å². The Balaban J connectivity index is 4.01. The minimum absolute atomic E-state index is 0.0592. The first kappa shape index (κ1) is 82.0. The van der Waals surface area contributed by atoms with E-state index in [0.29, 0.717) is 17.4 Å². The lowest BCUT2D eigenvalue weighted by Gasteiger charge is -2.25. The number of phosphoric ester groups is 1. The fourth-order valence-electron chi connectivity index (χ4n) is 11.7. The molecule has 83 heavy (non-hydrogen) atoms. The first-order valence-corrected chi connectivity index (χ1v) is 38.7. The maximum Gasteiger partial charge on any atom is 0.472 e. The molecule has 3 N–H and O–H groups in total. The van der Waals surface area contributed by atoms with Gasteiger partial charge >= 0.3 is 7.82 Å². The Morgan fingerprint density at radius 3 is 0.964 bits per heavy atom. The normalized spacial score (nSPS) is 13.7. The van der Waals surface area contributed by atoms with E-state index in [4.69, 9.17) is 9.05 Å². The van der Waals surface area contributed by atoms with Crippen LogP contribution in [0.3, 0.4) is 0 Å². The number of carbonyl (C=O) groups is 1. The van der Waals surface area contributed by atoms with Gasteiger partial charge in [0, 0.05) is 6.42 Å². The van der Waals surface area contributed by atoms with Crippen LogP contribution in [0.5, 0.6) is 0 Å². The smallest absolute Gasteiger partial charge is 0.387 e. The van der Waals surface area contributed by atoms with E-state index in [1.165, 1.54) is 334 Å². The van der Waals surface area contributed by atoms with Gasteiger partial charge in [-0.05, 0) is 32.1 Å². The quantitative estimate of drug-likeness (QED) is 0.0243. The molecule has 3 unspecified atom stereocenters. The van der Waals surface area contributed by atoms with Gasteiger partial charge in [-0.15, -0.1) is 0 Å². The fourth-order valence-corrected chi connectivity index (χ4v) is 12.4. The monoisotopic (exact) mass is 1190 g/mol. The van der Waals surface area contributed by atoms with E-state index in [0.717, 1.165) is 38.5 Å². The number of aliphatic hydroxyl groups excluding tert-OH is 1. The summed E-state index contributed by atoms with van der Waals surface area (Å²) in [4.78, 5) is 23.4. The van der Waals surface area contributed by atoms with Crippen LogP contribution >= 0.6 is 7.82 Å². The van der Waals surface area contributed by atoms with Gasteiger partial charge in [0.05, 0.1) is 39.9 Å². The molecule has 3 atom stereocenters. The first-order chi connectivity index (χ1) is 40.5. The predicted octanol–water partition coefficient (Wildman–Crippen LogP) is 23.8. The van der Waals surface area contributed by atoms with Gasteiger partial charge in [-0.2, -0.15) is 0 Å². The lowest BCUT2D eigenvalue weighted by atomic mass is 10.0. The molecule has 0 radical (unpaired) electrons. The molecule has 0 aliphatic heterocycles. The largest absolute Gasteiger partial charge is 0.472 e. The van der Waals surface area contributed by atoms with Gasteiger partial charge in [-0.3, -0.25) is 13.8 Å². The molecule has 0 aromatic heterocycles. The zero-order valence-electron chi connectivity index (χ0n) is 56.7. The highest BCUT2D eigenvalue weighted by Gasteiger charge is 2.28. The van der Waals surface area contributed by atoms with Crippen LogP contribution in [0.4, 0.5) is 0 Å². The van der Waals surface area contributed by atoms with Crippen LogP contribution in [0.2, 0.25) is 0 Å². The lowest BCUT2D eigenvalue weighted by Crippen LogP contribution is -2.45. The van der Waals surface area contributed by atoms with Crippen molar-refractivity contribution in [2.45, 2.75) is 405 Å². The molecule has 0 aliphatic rings. The van der Waals surface area contributed by atoms with E-state index < -0.39 is 20.0 Å². The second kappa shape index (κ2) is 65.4. The van der Waals surface area contributed by atoms with Crippen LogP contribution in [-0.2, 0) is 18.4 Å². The molecular formula is C74H148N2O6P+. The van der Waals surface area contributed by atoms with Gasteiger partial charge in [0.25, 0.3) is 0 Å². The molecule has 0 heterocycles. The molecule has 0 spiro atoms. The summed E-state index contributed by atoms with van der Waals surface area (Å²) in [6.45, 7) is 4.87. The number of unbranched alkanes of at least 4 members (excludes halogenated alkanes) is 55. The number of aliphatic hydroxyl groups is 1. The van der Waals surface area contributed by atoms with Gasteiger partial charge in [0.1, 0.15) is 13.2 Å².